The lowest BCUT2D eigenvalue weighted by Gasteiger charge is -2.06. The predicted molar refractivity (Wildman–Crippen MR) is 91.2 cm³/mol. The van der Waals surface area contributed by atoms with Crippen molar-refractivity contribution >= 4 is 17.5 Å². The van der Waals surface area contributed by atoms with E-state index in [9.17, 15) is 4.79 Å². The zero-order valence-electron chi connectivity index (χ0n) is 13.3. The summed E-state index contributed by atoms with van der Waals surface area (Å²) in [5.74, 6) is 0.170. The monoisotopic (exact) mass is 354 g/mol. The third kappa shape index (κ3) is 3.69. The van der Waals surface area contributed by atoms with Crippen LogP contribution in [-0.4, -0.2) is 20.6 Å². The number of hydrogen-bond acceptors (Lipinski definition) is 4. The lowest BCUT2D eigenvalue weighted by molar-refractivity contribution is 0.0961. The second kappa shape index (κ2) is 6.64. The van der Waals surface area contributed by atoms with E-state index in [1.54, 1.807) is 24.4 Å². The van der Waals surface area contributed by atoms with E-state index in [0.29, 0.717) is 23.1 Å². The maximum Gasteiger partial charge on any atom is 0.317 e. The third-order valence-electron chi connectivity index (χ3n) is 4.01. The van der Waals surface area contributed by atoms with Crippen molar-refractivity contribution in [3.63, 3.8) is 0 Å². The van der Waals surface area contributed by atoms with Gasteiger partial charge < -0.3 is 9.09 Å². The molecule has 0 saturated heterocycles. The minimum absolute atomic E-state index is 0.172. The van der Waals surface area contributed by atoms with Crippen LogP contribution in [-0.2, 0) is 6.54 Å². The first-order chi connectivity index (χ1) is 12.2. The molecule has 3 heterocycles. The number of aromatic nitrogens is 3. The van der Waals surface area contributed by atoms with Crippen LogP contribution in [0.1, 0.15) is 40.6 Å². The molecule has 1 aliphatic rings. The molecule has 0 bridgehead atoms. The Kier molecular flexibility index (Phi) is 4.19. The second-order valence-electron chi connectivity index (χ2n) is 5.98. The van der Waals surface area contributed by atoms with Crippen LogP contribution >= 0.6 is 11.6 Å². The van der Waals surface area contributed by atoms with Gasteiger partial charge in [0, 0.05) is 24.4 Å². The Bertz CT molecular complexity index is 971. The summed E-state index contributed by atoms with van der Waals surface area (Å²) in [6, 6.07) is 10.8. The van der Waals surface area contributed by atoms with E-state index in [0.717, 1.165) is 24.1 Å². The molecule has 1 fully saturated rings. The third-order valence-corrected chi connectivity index (χ3v) is 4.23. The summed E-state index contributed by atoms with van der Waals surface area (Å²) in [6.07, 6.45) is 5.76. The molecule has 1 aliphatic carbocycles. The zero-order valence-corrected chi connectivity index (χ0v) is 14.1. The summed E-state index contributed by atoms with van der Waals surface area (Å²) in [6.45, 7) is 0.529. The summed E-state index contributed by atoms with van der Waals surface area (Å²) in [5.41, 5.74) is 2.33. The van der Waals surface area contributed by atoms with E-state index in [1.165, 1.54) is 0 Å². The first-order valence-electron chi connectivity index (χ1n) is 8.00. The SMILES string of the molecule is O=C(N=c1ccccn1Cc1ccc(Cl)nc1)c1cc(C2CC2)no1. The van der Waals surface area contributed by atoms with E-state index in [-0.39, 0.29) is 5.76 Å². The molecule has 1 amide bonds. The zero-order chi connectivity index (χ0) is 17.2. The topological polar surface area (TPSA) is 73.3 Å². The highest BCUT2D eigenvalue weighted by Crippen LogP contribution is 2.39. The second-order valence-corrected chi connectivity index (χ2v) is 6.37. The van der Waals surface area contributed by atoms with Gasteiger partial charge in [0.1, 0.15) is 10.6 Å². The molecule has 0 spiro atoms. The van der Waals surface area contributed by atoms with Crippen molar-refractivity contribution in [3.8, 4) is 0 Å². The highest BCUT2D eigenvalue weighted by atomic mass is 35.5. The Morgan fingerprint density at radius 3 is 2.96 bits per heavy atom. The van der Waals surface area contributed by atoms with Gasteiger partial charge in [-0.2, -0.15) is 4.99 Å². The molecule has 3 aromatic heterocycles. The summed E-state index contributed by atoms with van der Waals surface area (Å²) >= 11 is 5.81. The van der Waals surface area contributed by atoms with E-state index in [2.05, 4.69) is 15.1 Å². The summed E-state index contributed by atoms with van der Waals surface area (Å²) in [7, 11) is 0. The van der Waals surface area contributed by atoms with Crippen LogP contribution in [0, 0.1) is 0 Å². The Balaban J connectivity index is 1.61. The average molecular weight is 355 g/mol. The number of carbonyl (C=O) groups is 1. The lowest BCUT2D eigenvalue weighted by atomic mass is 10.2. The molecule has 0 radical (unpaired) electrons. The number of carbonyl (C=O) groups excluding carboxylic acids is 1. The van der Waals surface area contributed by atoms with Crippen molar-refractivity contribution in [1.82, 2.24) is 14.7 Å². The largest absolute Gasteiger partial charge is 0.351 e. The van der Waals surface area contributed by atoms with Crippen LogP contribution in [0.25, 0.3) is 0 Å². The van der Waals surface area contributed by atoms with Crippen LogP contribution in [0.2, 0.25) is 5.15 Å². The van der Waals surface area contributed by atoms with Crippen molar-refractivity contribution < 1.29 is 9.32 Å². The first-order valence-corrected chi connectivity index (χ1v) is 8.38. The van der Waals surface area contributed by atoms with Gasteiger partial charge in [0.05, 0.1) is 12.2 Å². The molecule has 126 valence electrons. The van der Waals surface area contributed by atoms with Gasteiger partial charge in [0.15, 0.2) is 0 Å². The van der Waals surface area contributed by atoms with Gasteiger partial charge in [-0.05, 0) is 36.6 Å². The Morgan fingerprint density at radius 2 is 2.20 bits per heavy atom. The van der Waals surface area contributed by atoms with E-state index in [4.69, 9.17) is 16.1 Å². The van der Waals surface area contributed by atoms with Gasteiger partial charge in [-0.1, -0.05) is 28.9 Å². The maximum absolute atomic E-state index is 12.4. The van der Waals surface area contributed by atoms with Crippen molar-refractivity contribution in [3.05, 3.63) is 76.5 Å². The van der Waals surface area contributed by atoms with Gasteiger partial charge in [0.2, 0.25) is 5.76 Å². The molecule has 0 unspecified atom stereocenters. The molecule has 0 atom stereocenters. The maximum atomic E-state index is 12.4. The van der Waals surface area contributed by atoms with Crippen molar-refractivity contribution in [2.75, 3.05) is 0 Å². The van der Waals surface area contributed by atoms with Crippen LogP contribution in [0.5, 0.6) is 0 Å². The number of pyridine rings is 2. The molecule has 0 aliphatic heterocycles. The molecule has 3 aromatic rings. The van der Waals surface area contributed by atoms with Gasteiger partial charge in [-0.15, -0.1) is 0 Å². The number of nitrogens with zero attached hydrogens (tertiary/aromatic N) is 4. The molecule has 0 N–H and O–H groups in total. The number of hydrogen-bond donors (Lipinski definition) is 0. The fraction of sp³-hybridized carbons (Fsp3) is 0.222. The van der Waals surface area contributed by atoms with Crippen LogP contribution in [0.15, 0.2) is 58.3 Å². The molecule has 0 aromatic carbocycles. The fourth-order valence-electron chi connectivity index (χ4n) is 2.52. The van der Waals surface area contributed by atoms with Crippen molar-refractivity contribution in [2.45, 2.75) is 25.3 Å². The van der Waals surface area contributed by atoms with E-state index >= 15 is 0 Å². The Hall–Kier alpha value is -2.73. The predicted octanol–water partition coefficient (Wildman–Crippen LogP) is 3.19. The molecule has 7 heteroatoms. The molecular formula is C18H15ClN4O2. The number of amides is 1. The minimum atomic E-state index is -0.436. The number of rotatable bonds is 4. The van der Waals surface area contributed by atoms with Gasteiger partial charge >= 0.3 is 5.91 Å². The van der Waals surface area contributed by atoms with E-state index in [1.807, 2.05) is 29.0 Å². The highest BCUT2D eigenvalue weighted by molar-refractivity contribution is 6.29. The van der Waals surface area contributed by atoms with Crippen LogP contribution in [0.4, 0.5) is 0 Å². The normalized spacial score (nSPS) is 14.7. The summed E-state index contributed by atoms with van der Waals surface area (Å²) in [5, 5.41) is 4.40. The lowest BCUT2D eigenvalue weighted by Crippen LogP contribution is -2.22. The standard InChI is InChI=1S/C18H15ClN4O2/c19-16-7-4-12(10-20-16)11-23-8-2-1-3-17(23)21-18(24)15-9-14(22-25-15)13-5-6-13/h1-4,7-10,13H,5-6,11H2. The van der Waals surface area contributed by atoms with Crippen molar-refractivity contribution in [2.24, 2.45) is 4.99 Å². The average Bonchev–Trinajstić information content (AvgIpc) is 3.35. The Morgan fingerprint density at radius 1 is 1.32 bits per heavy atom. The van der Waals surface area contributed by atoms with Crippen LogP contribution in [0.3, 0.4) is 0 Å². The molecule has 1 saturated carbocycles. The highest BCUT2D eigenvalue weighted by Gasteiger charge is 2.28. The van der Waals surface area contributed by atoms with Gasteiger partial charge in [0.25, 0.3) is 0 Å². The quantitative estimate of drug-likeness (QED) is 0.674. The van der Waals surface area contributed by atoms with Crippen LogP contribution < -0.4 is 5.49 Å². The summed E-state index contributed by atoms with van der Waals surface area (Å²) in [4.78, 5) is 20.6. The fourth-order valence-corrected chi connectivity index (χ4v) is 2.63. The van der Waals surface area contributed by atoms with Gasteiger partial charge in [-0.25, -0.2) is 4.98 Å². The smallest absolute Gasteiger partial charge is 0.317 e. The minimum Gasteiger partial charge on any atom is -0.351 e. The van der Waals surface area contributed by atoms with E-state index < -0.39 is 5.91 Å². The molecule has 25 heavy (non-hydrogen) atoms. The van der Waals surface area contributed by atoms with Gasteiger partial charge in [-0.3, -0.25) is 4.79 Å². The summed E-state index contributed by atoms with van der Waals surface area (Å²) < 4.78 is 7.01. The number of halogens is 1. The Labute approximate surface area is 148 Å². The molecule has 4 rings (SSSR count). The molecular weight excluding hydrogens is 340 g/mol. The molecule has 6 nitrogen and oxygen atoms in total. The van der Waals surface area contributed by atoms with Crippen molar-refractivity contribution in [1.29, 1.82) is 0 Å². The first kappa shape index (κ1) is 15.8.